The van der Waals surface area contributed by atoms with Crippen molar-refractivity contribution in [2.24, 2.45) is 0 Å². The molecule has 0 bridgehead atoms. The van der Waals surface area contributed by atoms with E-state index < -0.39 is 35.6 Å². The van der Waals surface area contributed by atoms with E-state index in [1.807, 2.05) is 0 Å². The largest absolute Gasteiger partial charge is 0.460 e. The Morgan fingerprint density at radius 3 is 1.23 bits per heavy atom. The normalized spacial score (nSPS) is 13.5. The number of aliphatic hydroxyl groups is 2. The van der Waals surface area contributed by atoms with Gasteiger partial charge in [-0.1, -0.05) is 0 Å². The molecule has 0 atom stereocenters. The minimum Gasteiger partial charge on any atom is -0.460 e. The van der Waals surface area contributed by atoms with Gasteiger partial charge in [0.25, 0.3) is 23.6 Å². The van der Waals surface area contributed by atoms with Crippen molar-refractivity contribution in [1.82, 2.24) is 0 Å². The predicted octanol–water partition coefficient (Wildman–Crippen LogP) is 3.38. The van der Waals surface area contributed by atoms with Gasteiger partial charge in [-0.05, 0) is 84.9 Å². The van der Waals surface area contributed by atoms with Crippen molar-refractivity contribution >= 4 is 46.9 Å². The number of benzene rings is 4. The SMILES string of the molecule is O=C(OCCO)c1ccc2c(c1)C(=O)N(c1ccc(Oc3ccc(N4C(=O)c5ccc(C(=O)OCCO)cc5C4=O)cc3)cc1)C2=O. The number of carbonyl (C=O) groups excluding carboxylic acids is 6. The van der Waals surface area contributed by atoms with E-state index in [9.17, 15) is 28.8 Å². The van der Waals surface area contributed by atoms with Crippen LogP contribution in [0.1, 0.15) is 62.1 Å². The Kier molecular flexibility index (Phi) is 8.31. The lowest BCUT2D eigenvalue weighted by molar-refractivity contribution is 0.0427. The maximum absolute atomic E-state index is 13.1. The number of amides is 4. The molecule has 0 spiro atoms. The van der Waals surface area contributed by atoms with Crippen molar-refractivity contribution in [3.05, 3.63) is 118 Å². The predicted molar refractivity (Wildman–Crippen MR) is 163 cm³/mol. The number of esters is 2. The lowest BCUT2D eigenvalue weighted by Gasteiger charge is -2.16. The van der Waals surface area contributed by atoms with Crippen molar-refractivity contribution in [2.75, 3.05) is 36.2 Å². The maximum Gasteiger partial charge on any atom is 0.338 e. The molecule has 2 aliphatic heterocycles. The second-order valence-electron chi connectivity index (χ2n) is 10.2. The minimum atomic E-state index is -0.730. The second-order valence-corrected chi connectivity index (χ2v) is 10.2. The van der Waals surface area contributed by atoms with Gasteiger partial charge in [0.15, 0.2) is 0 Å². The van der Waals surface area contributed by atoms with E-state index in [1.54, 1.807) is 24.3 Å². The molecule has 13 heteroatoms. The molecule has 4 aromatic carbocycles. The Morgan fingerprint density at radius 1 is 0.511 bits per heavy atom. The molecule has 0 fully saturated rings. The number of fused-ring (bicyclic) bond motifs is 2. The van der Waals surface area contributed by atoms with Gasteiger partial charge in [0.05, 0.1) is 58.0 Å². The molecule has 6 rings (SSSR count). The quantitative estimate of drug-likeness (QED) is 0.193. The van der Waals surface area contributed by atoms with Crippen LogP contribution in [0.25, 0.3) is 0 Å². The molecule has 236 valence electrons. The number of aliphatic hydroxyl groups excluding tert-OH is 2. The van der Waals surface area contributed by atoms with Gasteiger partial charge in [-0.15, -0.1) is 0 Å². The zero-order chi connectivity index (χ0) is 33.2. The average Bonchev–Trinajstić information content (AvgIpc) is 3.49. The molecule has 0 aromatic heterocycles. The highest BCUT2D eigenvalue weighted by Gasteiger charge is 2.38. The van der Waals surface area contributed by atoms with Gasteiger partial charge < -0.3 is 24.4 Å². The molecule has 2 N–H and O–H groups in total. The Balaban J connectivity index is 1.13. The molecule has 0 aliphatic carbocycles. The fourth-order valence-corrected chi connectivity index (χ4v) is 5.11. The first-order valence-corrected chi connectivity index (χ1v) is 14.2. The highest BCUT2D eigenvalue weighted by atomic mass is 16.5. The molecule has 0 radical (unpaired) electrons. The maximum atomic E-state index is 13.1. The summed E-state index contributed by atoms with van der Waals surface area (Å²) >= 11 is 0. The summed E-state index contributed by atoms with van der Waals surface area (Å²) in [6, 6.07) is 20.4. The third-order valence-electron chi connectivity index (χ3n) is 7.32. The highest BCUT2D eigenvalue weighted by molar-refractivity contribution is 6.35. The van der Waals surface area contributed by atoms with Gasteiger partial charge in [-0.2, -0.15) is 0 Å². The third-order valence-corrected chi connectivity index (χ3v) is 7.32. The standard InChI is InChI=1S/C34H24N2O11/c37-13-15-45-33(43)19-1-11-25-27(17-19)31(41)35(29(25)39)21-3-7-23(8-4-21)47-24-9-5-22(6-10-24)36-30(40)26-12-2-20(18-28(26)32(36)42)34(44)46-16-14-38/h1-12,17-18,37-38H,13-16H2. The summed E-state index contributed by atoms with van der Waals surface area (Å²) < 4.78 is 15.6. The van der Waals surface area contributed by atoms with Crippen molar-refractivity contribution in [2.45, 2.75) is 0 Å². The van der Waals surface area contributed by atoms with E-state index in [4.69, 9.17) is 24.4 Å². The molecule has 0 saturated heterocycles. The van der Waals surface area contributed by atoms with Gasteiger partial charge in [-0.3, -0.25) is 19.2 Å². The second kappa shape index (κ2) is 12.7. The van der Waals surface area contributed by atoms with Crippen molar-refractivity contribution in [1.29, 1.82) is 0 Å². The van der Waals surface area contributed by atoms with Gasteiger partial charge in [0.1, 0.15) is 24.7 Å². The van der Waals surface area contributed by atoms with E-state index in [1.165, 1.54) is 60.7 Å². The van der Waals surface area contributed by atoms with Crippen molar-refractivity contribution in [3.63, 3.8) is 0 Å². The van der Waals surface area contributed by atoms with E-state index in [-0.39, 0.29) is 71.2 Å². The summed E-state index contributed by atoms with van der Waals surface area (Å²) in [6.45, 7) is -1.09. The number of hydrogen-bond donors (Lipinski definition) is 2. The molecule has 47 heavy (non-hydrogen) atoms. The summed E-state index contributed by atoms with van der Waals surface area (Å²) in [6.07, 6.45) is 0. The molecule has 2 heterocycles. The van der Waals surface area contributed by atoms with Crippen LogP contribution in [0, 0.1) is 0 Å². The fraction of sp³-hybridized carbons (Fsp3) is 0.118. The Bertz CT molecular complexity index is 1810. The zero-order valence-corrected chi connectivity index (χ0v) is 24.4. The van der Waals surface area contributed by atoms with Crippen LogP contribution in [-0.4, -0.2) is 72.2 Å². The van der Waals surface area contributed by atoms with E-state index in [2.05, 4.69) is 0 Å². The lowest BCUT2D eigenvalue weighted by Crippen LogP contribution is -2.29. The number of anilines is 2. The van der Waals surface area contributed by atoms with Crippen LogP contribution in [0.15, 0.2) is 84.9 Å². The molecule has 4 amide bonds. The van der Waals surface area contributed by atoms with Gasteiger partial charge in [0, 0.05) is 0 Å². The summed E-state index contributed by atoms with van der Waals surface area (Å²) in [4.78, 5) is 78.5. The van der Waals surface area contributed by atoms with Crippen LogP contribution in [-0.2, 0) is 9.47 Å². The molecule has 0 unspecified atom stereocenters. The first kappa shape index (κ1) is 30.8. The Labute approximate surface area is 266 Å². The number of nitrogens with zero attached hydrogens (tertiary/aromatic N) is 2. The number of rotatable bonds is 10. The third kappa shape index (κ3) is 5.72. The molecule has 4 aromatic rings. The number of ether oxygens (including phenoxy) is 3. The van der Waals surface area contributed by atoms with E-state index >= 15 is 0 Å². The topological polar surface area (TPSA) is 177 Å². The average molecular weight is 637 g/mol. The van der Waals surface area contributed by atoms with Crippen molar-refractivity contribution in [3.8, 4) is 11.5 Å². The number of hydrogen-bond acceptors (Lipinski definition) is 11. The molecule has 13 nitrogen and oxygen atoms in total. The molecule has 2 aliphatic rings. The number of imide groups is 2. The minimum absolute atomic E-state index is 0.0490. The molecule has 0 saturated carbocycles. The van der Waals surface area contributed by atoms with E-state index in [0.717, 1.165) is 9.80 Å². The van der Waals surface area contributed by atoms with Crippen LogP contribution >= 0.6 is 0 Å². The Morgan fingerprint density at radius 2 is 0.872 bits per heavy atom. The van der Waals surface area contributed by atoms with Gasteiger partial charge in [0.2, 0.25) is 0 Å². The van der Waals surface area contributed by atoms with Crippen LogP contribution < -0.4 is 14.5 Å². The Hall–Kier alpha value is -6.18. The summed E-state index contributed by atoms with van der Waals surface area (Å²) in [5.41, 5.74) is 1.06. The summed E-state index contributed by atoms with van der Waals surface area (Å²) in [5, 5.41) is 17.7. The van der Waals surface area contributed by atoms with Crippen LogP contribution in [0.5, 0.6) is 11.5 Å². The monoisotopic (exact) mass is 636 g/mol. The number of carbonyl (C=O) groups is 6. The molecular formula is C34H24N2O11. The zero-order valence-electron chi connectivity index (χ0n) is 24.4. The first-order valence-electron chi connectivity index (χ1n) is 14.2. The highest BCUT2D eigenvalue weighted by Crippen LogP contribution is 2.34. The van der Waals surface area contributed by atoms with Crippen molar-refractivity contribution < 1.29 is 53.2 Å². The van der Waals surface area contributed by atoms with Gasteiger partial charge >= 0.3 is 11.9 Å². The fourth-order valence-electron chi connectivity index (χ4n) is 5.11. The first-order chi connectivity index (χ1) is 22.7. The summed E-state index contributed by atoms with van der Waals surface area (Å²) in [5.74, 6) is -3.07. The smallest absolute Gasteiger partial charge is 0.338 e. The van der Waals surface area contributed by atoms with E-state index in [0.29, 0.717) is 11.5 Å². The van der Waals surface area contributed by atoms with Crippen LogP contribution in [0.2, 0.25) is 0 Å². The lowest BCUT2D eigenvalue weighted by atomic mass is 10.1. The summed E-state index contributed by atoms with van der Waals surface area (Å²) in [7, 11) is 0. The molecular weight excluding hydrogens is 612 g/mol. The van der Waals surface area contributed by atoms with Gasteiger partial charge in [-0.25, -0.2) is 19.4 Å². The van der Waals surface area contributed by atoms with Crippen LogP contribution in [0.4, 0.5) is 11.4 Å². The van der Waals surface area contributed by atoms with Crippen LogP contribution in [0.3, 0.4) is 0 Å².